The fraction of sp³-hybridized carbons (Fsp3) is 0.429. The monoisotopic (exact) mass is 217 g/mol. The third kappa shape index (κ3) is 4.37. The normalized spacial score (nSPS) is 9.44. The van der Waals surface area contributed by atoms with Crippen molar-refractivity contribution >= 4 is 0 Å². The molecule has 16 heavy (non-hydrogen) atoms. The molecule has 1 rings (SSSR count). The van der Waals surface area contributed by atoms with E-state index in [1.165, 1.54) is 5.56 Å². The second-order valence-electron chi connectivity index (χ2n) is 3.69. The molecule has 0 bridgehead atoms. The van der Waals surface area contributed by atoms with Gasteiger partial charge in [0.25, 0.3) is 0 Å². The van der Waals surface area contributed by atoms with Gasteiger partial charge in [0.1, 0.15) is 12.4 Å². The third-order valence-electron chi connectivity index (χ3n) is 2.23. The molecule has 0 atom stereocenters. The molecule has 2 nitrogen and oxygen atoms in total. The molecule has 1 aromatic rings. The van der Waals surface area contributed by atoms with Gasteiger partial charge in [-0.15, -0.1) is 0 Å². The van der Waals surface area contributed by atoms with Gasteiger partial charge in [0.05, 0.1) is 6.54 Å². The van der Waals surface area contributed by atoms with Crippen molar-refractivity contribution in [2.24, 2.45) is 0 Å². The molecule has 1 aromatic carbocycles. The standard InChI is InChI=1S/C14H19NO/c1-4-15-9-5-6-10-16-14-11-12(2)7-8-13(14)3/h7-8,11,15H,4,9-10H2,1-3H3. The molecule has 0 heterocycles. The van der Waals surface area contributed by atoms with Gasteiger partial charge in [-0.05, 0) is 37.6 Å². The molecule has 0 unspecified atom stereocenters. The van der Waals surface area contributed by atoms with E-state index in [4.69, 9.17) is 4.74 Å². The molecule has 0 radical (unpaired) electrons. The zero-order valence-electron chi connectivity index (χ0n) is 10.3. The minimum atomic E-state index is 0.454. The molecule has 0 aromatic heterocycles. The molecule has 0 aliphatic heterocycles. The summed E-state index contributed by atoms with van der Waals surface area (Å²) in [7, 11) is 0. The highest BCUT2D eigenvalue weighted by atomic mass is 16.5. The van der Waals surface area contributed by atoms with Crippen molar-refractivity contribution in [3.8, 4) is 17.6 Å². The highest BCUT2D eigenvalue weighted by Gasteiger charge is 1.97. The number of nitrogens with one attached hydrogen (secondary N) is 1. The molecule has 2 heteroatoms. The first-order chi connectivity index (χ1) is 7.74. The first-order valence-corrected chi connectivity index (χ1v) is 5.60. The second kappa shape index (κ2) is 6.92. The van der Waals surface area contributed by atoms with Crippen molar-refractivity contribution in [1.82, 2.24) is 5.32 Å². The van der Waals surface area contributed by atoms with E-state index >= 15 is 0 Å². The van der Waals surface area contributed by atoms with Crippen molar-refractivity contribution in [3.05, 3.63) is 29.3 Å². The quantitative estimate of drug-likeness (QED) is 0.617. The van der Waals surface area contributed by atoms with Crippen molar-refractivity contribution in [3.63, 3.8) is 0 Å². The summed E-state index contributed by atoms with van der Waals surface area (Å²) in [5.74, 6) is 6.91. The number of benzene rings is 1. The fourth-order valence-electron chi connectivity index (χ4n) is 1.28. The molecule has 0 saturated heterocycles. The van der Waals surface area contributed by atoms with Crippen LogP contribution in [0.1, 0.15) is 18.1 Å². The Bertz CT molecular complexity index is 387. The summed E-state index contributed by atoms with van der Waals surface area (Å²) in [6.07, 6.45) is 0. The lowest BCUT2D eigenvalue weighted by molar-refractivity contribution is 0.367. The van der Waals surface area contributed by atoms with Gasteiger partial charge in [-0.1, -0.05) is 30.9 Å². The third-order valence-corrected chi connectivity index (χ3v) is 2.23. The Kier molecular flexibility index (Phi) is 5.45. The summed E-state index contributed by atoms with van der Waals surface area (Å²) in [5.41, 5.74) is 2.36. The lowest BCUT2D eigenvalue weighted by atomic mass is 10.1. The van der Waals surface area contributed by atoms with Crippen molar-refractivity contribution in [2.45, 2.75) is 20.8 Å². The van der Waals surface area contributed by atoms with Crippen LogP contribution in [0.5, 0.6) is 5.75 Å². The van der Waals surface area contributed by atoms with Gasteiger partial charge < -0.3 is 10.1 Å². The smallest absolute Gasteiger partial charge is 0.149 e. The summed E-state index contributed by atoms with van der Waals surface area (Å²) >= 11 is 0. The molecule has 0 saturated carbocycles. The minimum Gasteiger partial charge on any atom is -0.481 e. The average molecular weight is 217 g/mol. The number of ether oxygens (including phenoxy) is 1. The Balaban J connectivity index is 2.41. The summed E-state index contributed by atoms with van der Waals surface area (Å²) in [5, 5.41) is 3.14. The maximum absolute atomic E-state index is 5.60. The van der Waals surface area contributed by atoms with Crippen molar-refractivity contribution < 1.29 is 4.74 Å². The maximum atomic E-state index is 5.60. The lowest BCUT2D eigenvalue weighted by Crippen LogP contribution is -2.12. The molecule has 1 N–H and O–H groups in total. The largest absolute Gasteiger partial charge is 0.481 e. The lowest BCUT2D eigenvalue weighted by Gasteiger charge is -2.06. The van der Waals surface area contributed by atoms with Crippen LogP contribution in [-0.4, -0.2) is 19.7 Å². The summed E-state index contributed by atoms with van der Waals surface area (Å²) in [6.45, 7) is 8.30. The predicted molar refractivity (Wildman–Crippen MR) is 67.7 cm³/mol. The van der Waals surface area contributed by atoms with E-state index in [1.54, 1.807) is 0 Å². The van der Waals surface area contributed by atoms with Crippen LogP contribution >= 0.6 is 0 Å². The predicted octanol–water partition coefficient (Wildman–Crippen LogP) is 2.30. The van der Waals surface area contributed by atoms with Crippen LogP contribution in [0.15, 0.2) is 18.2 Å². The highest BCUT2D eigenvalue weighted by Crippen LogP contribution is 2.18. The Morgan fingerprint density at radius 2 is 2.06 bits per heavy atom. The van der Waals surface area contributed by atoms with Crippen LogP contribution in [-0.2, 0) is 0 Å². The zero-order chi connectivity index (χ0) is 11.8. The van der Waals surface area contributed by atoms with E-state index in [-0.39, 0.29) is 0 Å². The fourth-order valence-corrected chi connectivity index (χ4v) is 1.28. The second-order valence-corrected chi connectivity index (χ2v) is 3.69. The van der Waals surface area contributed by atoms with Crippen molar-refractivity contribution in [1.29, 1.82) is 0 Å². The Morgan fingerprint density at radius 1 is 1.25 bits per heavy atom. The van der Waals surface area contributed by atoms with Crippen LogP contribution in [0, 0.1) is 25.7 Å². The molecule has 0 aliphatic carbocycles. The van der Waals surface area contributed by atoms with E-state index in [0.29, 0.717) is 6.61 Å². The van der Waals surface area contributed by atoms with Gasteiger partial charge in [-0.3, -0.25) is 0 Å². The summed E-state index contributed by atoms with van der Waals surface area (Å²) in [6, 6.07) is 6.19. The number of rotatable bonds is 4. The van der Waals surface area contributed by atoms with Crippen LogP contribution in [0.4, 0.5) is 0 Å². The molecule has 0 fully saturated rings. The average Bonchev–Trinajstić information content (AvgIpc) is 2.28. The first-order valence-electron chi connectivity index (χ1n) is 5.60. The van der Waals surface area contributed by atoms with Crippen LogP contribution in [0.2, 0.25) is 0 Å². The topological polar surface area (TPSA) is 21.3 Å². The molecule has 86 valence electrons. The zero-order valence-corrected chi connectivity index (χ0v) is 10.3. The van der Waals surface area contributed by atoms with Crippen LogP contribution in [0.25, 0.3) is 0 Å². The maximum Gasteiger partial charge on any atom is 0.149 e. The number of hydrogen-bond donors (Lipinski definition) is 1. The van der Waals surface area contributed by atoms with E-state index in [0.717, 1.165) is 24.4 Å². The van der Waals surface area contributed by atoms with Gasteiger partial charge in [-0.25, -0.2) is 0 Å². The SMILES string of the molecule is CCNCC#CCOc1cc(C)ccc1C. The molecule has 0 spiro atoms. The Hall–Kier alpha value is -1.46. The molecule has 0 amide bonds. The Morgan fingerprint density at radius 3 is 2.81 bits per heavy atom. The van der Waals surface area contributed by atoms with E-state index in [9.17, 15) is 0 Å². The van der Waals surface area contributed by atoms with Crippen molar-refractivity contribution in [2.75, 3.05) is 19.7 Å². The van der Waals surface area contributed by atoms with Gasteiger partial charge in [0, 0.05) is 0 Å². The Labute approximate surface area is 98.0 Å². The van der Waals surface area contributed by atoms with E-state index < -0.39 is 0 Å². The molecule has 0 aliphatic rings. The van der Waals surface area contributed by atoms with Gasteiger partial charge in [0.2, 0.25) is 0 Å². The van der Waals surface area contributed by atoms with Gasteiger partial charge in [0.15, 0.2) is 0 Å². The van der Waals surface area contributed by atoms with Gasteiger partial charge in [-0.2, -0.15) is 0 Å². The van der Waals surface area contributed by atoms with E-state index in [2.05, 4.69) is 43.1 Å². The van der Waals surface area contributed by atoms with Crippen LogP contribution < -0.4 is 10.1 Å². The van der Waals surface area contributed by atoms with Crippen LogP contribution in [0.3, 0.4) is 0 Å². The summed E-state index contributed by atoms with van der Waals surface area (Å²) in [4.78, 5) is 0. The molecular formula is C14H19NO. The highest BCUT2D eigenvalue weighted by molar-refractivity contribution is 5.36. The molecular weight excluding hydrogens is 198 g/mol. The first kappa shape index (κ1) is 12.6. The summed E-state index contributed by atoms with van der Waals surface area (Å²) < 4.78 is 5.60. The van der Waals surface area contributed by atoms with E-state index in [1.807, 2.05) is 13.0 Å². The minimum absolute atomic E-state index is 0.454. The number of hydrogen-bond acceptors (Lipinski definition) is 2. The van der Waals surface area contributed by atoms with Gasteiger partial charge >= 0.3 is 0 Å². The number of aryl methyl sites for hydroxylation is 2.